The Morgan fingerprint density at radius 2 is 1.89 bits per heavy atom. The number of hydrogen-bond acceptors (Lipinski definition) is 6. The summed E-state index contributed by atoms with van der Waals surface area (Å²) < 4.78 is 4.69. The number of ether oxygens (including phenoxy) is 1. The molecule has 0 aliphatic rings. The molecule has 0 aromatic heterocycles. The van der Waals surface area contributed by atoms with Crippen LogP contribution >= 0.6 is 0 Å². The largest absolute Gasteiger partial charge is 0.504 e. The quantitative estimate of drug-likeness (QED) is 0.335. The molecule has 0 fully saturated rings. The van der Waals surface area contributed by atoms with Crippen molar-refractivity contribution in [3.8, 4) is 11.5 Å². The van der Waals surface area contributed by atoms with E-state index >= 15 is 0 Å². The van der Waals surface area contributed by atoms with Gasteiger partial charge in [0.05, 0.1) is 13.2 Å². The van der Waals surface area contributed by atoms with Crippen molar-refractivity contribution in [2.24, 2.45) is 0 Å². The van der Waals surface area contributed by atoms with Crippen molar-refractivity contribution >= 4 is 12.0 Å². The molecule has 0 radical (unpaired) electrons. The first kappa shape index (κ1) is 14.0. The Morgan fingerprint density at radius 1 is 1.22 bits per heavy atom. The third-order valence-corrected chi connectivity index (χ3v) is 2.10. The Labute approximate surface area is 103 Å². The number of phenols is 2. The van der Waals surface area contributed by atoms with Crippen LogP contribution in [0.25, 0.3) is 6.08 Å². The van der Waals surface area contributed by atoms with Gasteiger partial charge in [-0.15, -0.1) is 0 Å². The van der Waals surface area contributed by atoms with Crippen LogP contribution in [0.2, 0.25) is 0 Å². The normalized spacial score (nSPS) is 11.1. The number of rotatable bonds is 5. The lowest BCUT2D eigenvalue weighted by molar-refractivity contribution is -0.147. The maximum Gasteiger partial charge on any atom is 0.331 e. The average Bonchev–Trinajstić information content (AvgIpc) is 2.37. The molecule has 0 atom stereocenters. The molecular formula is C12H14O6. The van der Waals surface area contributed by atoms with Gasteiger partial charge in [-0.05, 0) is 23.8 Å². The maximum atomic E-state index is 11.3. The van der Waals surface area contributed by atoms with Crippen molar-refractivity contribution in [1.29, 1.82) is 0 Å². The van der Waals surface area contributed by atoms with Gasteiger partial charge in [0.25, 0.3) is 0 Å². The number of carbonyl (C=O) groups is 1. The highest BCUT2D eigenvalue weighted by Gasteiger charge is 2.09. The van der Waals surface area contributed by atoms with E-state index in [1.165, 1.54) is 24.3 Å². The van der Waals surface area contributed by atoms with Gasteiger partial charge in [-0.3, -0.25) is 0 Å². The third-order valence-electron chi connectivity index (χ3n) is 2.10. The number of benzene rings is 1. The zero-order valence-corrected chi connectivity index (χ0v) is 9.48. The highest BCUT2D eigenvalue weighted by molar-refractivity contribution is 5.87. The van der Waals surface area contributed by atoms with Crippen LogP contribution in [-0.4, -0.2) is 45.7 Å². The topological polar surface area (TPSA) is 107 Å². The first-order valence-corrected chi connectivity index (χ1v) is 5.19. The number of hydrogen-bond donors (Lipinski definition) is 4. The van der Waals surface area contributed by atoms with Gasteiger partial charge in [-0.25, -0.2) is 4.79 Å². The molecule has 6 nitrogen and oxygen atoms in total. The van der Waals surface area contributed by atoms with Gasteiger partial charge in [0.2, 0.25) is 0 Å². The average molecular weight is 254 g/mol. The second kappa shape index (κ2) is 6.63. The van der Waals surface area contributed by atoms with Crippen LogP contribution in [0.15, 0.2) is 24.3 Å². The van der Waals surface area contributed by atoms with Gasteiger partial charge in [-0.2, -0.15) is 0 Å². The van der Waals surface area contributed by atoms with Crippen molar-refractivity contribution in [3.05, 3.63) is 29.8 Å². The van der Waals surface area contributed by atoms with Crippen molar-refractivity contribution in [1.82, 2.24) is 0 Å². The number of aromatic hydroxyl groups is 2. The third kappa shape index (κ3) is 4.08. The molecule has 18 heavy (non-hydrogen) atoms. The van der Waals surface area contributed by atoms with Crippen LogP contribution in [0, 0.1) is 0 Å². The molecule has 4 N–H and O–H groups in total. The van der Waals surface area contributed by atoms with E-state index < -0.39 is 25.3 Å². The molecule has 0 spiro atoms. The molecule has 0 saturated carbocycles. The summed E-state index contributed by atoms with van der Waals surface area (Å²) >= 11 is 0. The zero-order chi connectivity index (χ0) is 13.5. The minimum absolute atomic E-state index is 0.254. The Bertz CT molecular complexity index is 436. The van der Waals surface area contributed by atoms with Crippen LogP contribution in [0.5, 0.6) is 11.5 Å². The van der Waals surface area contributed by atoms with Crippen LogP contribution in [0.4, 0.5) is 0 Å². The second-order valence-corrected chi connectivity index (χ2v) is 3.51. The SMILES string of the molecule is O=C(/C=C/c1ccc(O)c(O)c1)OC(CO)CO. The minimum Gasteiger partial charge on any atom is -0.504 e. The fourth-order valence-corrected chi connectivity index (χ4v) is 1.14. The predicted octanol–water partition coefficient (Wildman–Crippen LogP) is 0.00740. The number of aliphatic hydroxyl groups is 2. The monoisotopic (exact) mass is 254 g/mol. The van der Waals surface area contributed by atoms with Crippen molar-refractivity contribution < 1.29 is 30.0 Å². The lowest BCUT2D eigenvalue weighted by Crippen LogP contribution is -2.24. The molecule has 98 valence electrons. The zero-order valence-electron chi connectivity index (χ0n) is 9.48. The molecule has 0 saturated heterocycles. The fourth-order valence-electron chi connectivity index (χ4n) is 1.14. The fraction of sp³-hybridized carbons (Fsp3) is 0.250. The summed E-state index contributed by atoms with van der Waals surface area (Å²) in [4.78, 5) is 11.3. The van der Waals surface area contributed by atoms with Crippen LogP contribution in [-0.2, 0) is 9.53 Å². The van der Waals surface area contributed by atoms with Gasteiger partial charge in [-0.1, -0.05) is 6.07 Å². The van der Waals surface area contributed by atoms with Crippen molar-refractivity contribution in [2.75, 3.05) is 13.2 Å². The van der Waals surface area contributed by atoms with E-state index in [9.17, 15) is 9.90 Å². The van der Waals surface area contributed by atoms with Gasteiger partial charge >= 0.3 is 5.97 Å². The smallest absolute Gasteiger partial charge is 0.331 e. The number of aliphatic hydroxyl groups excluding tert-OH is 2. The standard InChI is InChI=1S/C12H14O6/c13-6-9(7-14)18-12(17)4-2-8-1-3-10(15)11(16)5-8/h1-5,9,13-16H,6-7H2/b4-2+. The summed E-state index contributed by atoms with van der Waals surface area (Å²) in [6, 6.07) is 4.05. The van der Waals surface area contributed by atoms with E-state index in [-0.39, 0.29) is 11.5 Å². The predicted molar refractivity (Wildman–Crippen MR) is 62.9 cm³/mol. The summed E-state index contributed by atoms with van der Waals surface area (Å²) in [6.07, 6.45) is 1.51. The lowest BCUT2D eigenvalue weighted by atomic mass is 10.2. The molecule has 1 aromatic carbocycles. The second-order valence-electron chi connectivity index (χ2n) is 3.51. The van der Waals surface area contributed by atoms with E-state index in [1.807, 2.05) is 0 Å². The summed E-state index contributed by atoms with van der Waals surface area (Å²) in [7, 11) is 0. The summed E-state index contributed by atoms with van der Waals surface area (Å²) in [5, 5.41) is 35.7. The lowest BCUT2D eigenvalue weighted by Gasteiger charge is -2.10. The molecule has 0 bridgehead atoms. The minimum atomic E-state index is -0.949. The van der Waals surface area contributed by atoms with Gasteiger partial charge in [0.1, 0.15) is 6.10 Å². The molecule has 0 unspecified atom stereocenters. The van der Waals surface area contributed by atoms with Crippen LogP contribution < -0.4 is 0 Å². The van der Waals surface area contributed by atoms with E-state index in [2.05, 4.69) is 4.74 Å². The maximum absolute atomic E-state index is 11.3. The van der Waals surface area contributed by atoms with Crippen molar-refractivity contribution in [3.63, 3.8) is 0 Å². The molecule has 6 heteroatoms. The number of carbonyl (C=O) groups excluding carboxylic acids is 1. The Balaban J connectivity index is 2.63. The van der Waals surface area contributed by atoms with Crippen molar-refractivity contribution in [2.45, 2.75) is 6.10 Å². The molecule has 0 amide bonds. The number of phenolic OH excluding ortho intramolecular Hbond substituents is 2. The Morgan fingerprint density at radius 3 is 2.44 bits per heavy atom. The summed E-state index contributed by atoms with van der Waals surface area (Å²) in [5.74, 6) is -1.28. The molecular weight excluding hydrogens is 240 g/mol. The van der Waals surface area contributed by atoms with Crippen LogP contribution in [0.3, 0.4) is 0 Å². The highest BCUT2D eigenvalue weighted by atomic mass is 16.6. The van der Waals surface area contributed by atoms with Crippen LogP contribution in [0.1, 0.15) is 5.56 Å². The first-order valence-electron chi connectivity index (χ1n) is 5.19. The highest BCUT2D eigenvalue weighted by Crippen LogP contribution is 2.25. The molecule has 1 aromatic rings. The van der Waals surface area contributed by atoms with Gasteiger partial charge in [0, 0.05) is 6.08 Å². The first-order chi connectivity index (χ1) is 8.56. The molecule has 0 heterocycles. The van der Waals surface area contributed by atoms with E-state index in [0.717, 1.165) is 6.08 Å². The van der Waals surface area contributed by atoms with E-state index in [4.69, 9.17) is 15.3 Å². The summed E-state index contributed by atoms with van der Waals surface area (Å²) in [5.41, 5.74) is 0.492. The Hall–Kier alpha value is -2.05. The van der Waals surface area contributed by atoms with Gasteiger partial charge < -0.3 is 25.2 Å². The number of esters is 1. The summed E-state index contributed by atoms with van der Waals surface area (Å²) in [6.45, 7) is -0.924. The molecule has 0 aliphatic heterocycles. The van der Waals surface area contributed by atoms with Gasteiger partial charge in [0.15, 0.2) is 11.5 Å². The molecule has 1 rings (SSSR count). The molecule has 0 aliphatic carbocycles. The van der Waals surface area contributed by atoms with E-state index in [0.29, 0.717) is 5.56 Å². The van der Waals surface area contributed by atoms with E-state index in [1.54, 1.807) is 0 Å². The Kier molecular flexibility index (Phi) is 5.16.